The Morgan fingerprint density at radius 1 is 1.37 bits per heavy atom. The number of nitrogens with one attached hydrogen (secondary N) is 1. The minimum atomic E-state index is -0.122. The van der Waals surface area contributed by atoms with Crippen LogP contribution in [0, 0.1) is 5.92 Å². The van der Waals surface area contributed by atoms with Crippen molar-refractivity contribution in [3.63, 3.8) is 0 Å². The molecular formula is C14H20N2O3. The van der Waals surface area contributed by atoms with Gasteiger partial charge in [0, 0.05) is 18.2 Å². The van der Waals surface area contributed by atoms with Gasteiger partial charge in [-0.15, -0.1) is 0 Å². The number of hydrogen-bond acceptors (Lipinski definition) is 4. The lowest BCUT2D eigenvalue weighted by Gasteiger charge is -2.16. The Morgan fingerprint density at radius 3 is 2.58 bits per heavy atom. The lowest BCUT2D eigenvalue weighted by Crippen LogP contribution is -2.41. The van der Waals surface area contributed by atoms with Gasteiger partial charge in [-0.1, -0.05) is 0 Å². The third-order valence-electron chi connectivity index (χ3n) is 3.41. The second-order valence-corrected chi connectivity index (χ2v) is 4.72. The summed E-state index contributed by atoms with van der Waals surface area (Å²) in [6.45, 7) is 0.476. The number of benzene rings is 1. The molecule has 0 aromatic heterocycles. The first-order valence-electron chi connectivity index (χ1n) is 6.42. The van der Waals surface area contributed by atoms with Crippen LogP contribution in [-0.4, -0.2) is 32.7 Å². The molecule has 1 aliphatic rings. The fraction of sp³-hybridized carbons (Fsp3) is 0.500. The van der Waals surface area contributed by atoms with Gasteiger partial charge >= 0.3 is 0 Å². The van der Waals surface area contributed by atoms with E-state index < -0.39 is 0 Å². The molecule has 0 bridgehead atoms. The number of nitrogens with two attached hydrogens (primary N) is 1. The first kappa shape index (κ1) is 13.7. The molecule has 5 heteroatoms. The molecule has 1 aromatic rings. The molecule has 1 aromatic carbocycles. The third kappa shape index (κ3) is 3.17. The topological polar surface area (TPSA) is 73.6 Å². The summed E-state index contributed by atoms with van der Waals surface area (Å²) in [6.07, 6.45) is 2.29. The van der Waals surface area contributed by atoms with Crippen LogP contribution >= 0.6 is 0 Å². The van der Waals surface area contributed by atoms with Crippen LogP contribution in [-0.2, 0) is 0 Å². The molecule has 19 heavy (non-hydrogen) atoms. The van der Waals surface area contributed by atoms with Crippen molar-refractivity contribution < 1.29 is 14.3 Å². The molecular weight excluding hydrogens is 244 g/mol. The number of carbonyl (C=O) groups excluding carboxylic acids is 1. The standard InChI is InChI=1S/C14H20N2O3/c1-18-12-6-5-10(7-13(12)19-2)14(17)16-11(8-15)9-3-4-9/h5-7,9,11H,3-4,8,15H2,1-2H3,(H,16,17). The predicted molar refractivity (Wildman–Crippen MR) is 72.6 cm³/mol. The highest BCUT2D eigenvalue weighted by Gasteiger charge is 2.31. The van der Waals surface area contributed by atoms with Crippen LogP contribution in [0.5, 0.6) is 11.5 Å². The molecule has 1 amide bonds. The molecule has 104 valence electrons. The summed E-state index contributed by atoms with van der Waals surface area (Å²) in [5.74, 6) is 1.57. The van der Waals surface area contributed by atoms with Gasteiger partial charge in [0.1, 0.15) is 0 Å². The van der Waals surface area contributed by atoms with Gasteiger partial charge in [0.25, 0.3) is 5.91 Å². The van der Waals surface area contributed by atoms with E-state index in [1.54, 1.807) is 32.4 Å². The smallest absolute Gasteiger partial charge is 0.251 e. The summed E-state index contributed by atoms with van der Waals surface area (Å²) in [4.78, 5) is 12.2. The van der Waals surface area contributed by atoms with E-state index in [1.807, 2.05) is 0 Å². The summed E-state index contributed by atoms with van der Waals surface area (Å²) in [6, 6.07) is 5.19. The Labute approximate surface area is 113 Å². The van der Waals surface area contributed by atoms with Crippen LogP contribution in [0.2, 0.25) is 0 Å². The molecule has 0 saturated heterocycles. The third-order valence-corrected chi connectivity index (χ3v) is 3.41. The summed E-state index contributed by atoms with van der Waals surface area (Å²) in [7, 11) is 3.11. The quantitative estimate of drug-likeness (QED) is 0.809. The molecule has 1 fully saturated rings. The van der Waals surface area contributed by atoms with Crippen LogP contribution in [0.4, 0.5) is 0 Å². The average Bonchev–Trinajstić information content (AvgIpc) is 3.28. The molecule has 1 unspecified atom stereocenters. The summed E-state index contributed by atoms with van der Waals surface area (Å²) in [5.41, 5.74) is 6.23. The predicted octanol–water partition coefficient (Wildman–Crippen LogP) is 1.17. The van der Waals surface area contributed by atoms with E-state index in [2.05, 4.69) is 5.32 Å². The van der Waals surface area contributed by atoms with Gasteiger partial charge in [-0.3, -0.25) is 4.79 Å². The zero-order valence-electron chi connectivity index (χ0n) is 11.3. The van der Waals surface area contributed by atoms with E-state index in [4.69, 9.17) is 15.2 Å². The summed E-state index contributed by atoms with van der Waals surface area (Å²) >= 11 is 0. The maximum absolute atomic E-state index is 12.2. The lowest BCUT2D eigenvalue weighted by atomic mass is 10.1. The summed E-state index contributed by atoms with van der Waals surface area (Å²) < 4.78 is 10.3. The zero-order valence-corrected chi connectivity index (χ0v) is 11.3. The van der Waals surface area contributed by atoms with Gasteiger partial charge < -0.3 is 20.5 Å². The van der Waals surface area contributed by atoms with Crippen molar-refractivity contribution in [2.24, 2.45) is 11.7 Å². The SMILES string of the molecule is COc1ccc(C(=O)NC(CN)C2CC2)cc1OC. The Bertz CT molecular complexity index is 458. The van der Waals surface area contributed by atoms with E-state index in [9.17, 15) is 4.79 Å². The minimum Gasteiger partial charge on any atom is -0.493 e. The Hall–Kier alpha value is -1.75. The van der Waals surface area contributed by atoms with E-state index in [0.717, 1.165) is 12.8 Å². The normalized spacial score (nSPS) is 15.7. The molecule has 5 nitrogen and oxygen atoms in total. The van der Waals surface area contributed by atoms with Crippen molar-refractivity contribution in [1.82, 2.24) is 5.32 Å². The monoisotopic (exact) mass is 264 g/mol. The molecule has 1 saturated carbocycles. The molecule has 0 aliphatic heterocycles. The van der Waals surface area contributed by atoms with Crippen LogP contribution < -0.4 is 20.5 Å². The van der Waals surface area contributed by atoms with Crippen molar-refractivity contribution in [2.45, 2.75) is 18.9 Å². The van der Waals surface area contributed by atoms with Gasteiger partial charge in [0.2, 0.25) is 0 Å². The maximum atomic E-state index is 12.2. The van der Waals surface area contributed by atoms with Crippen molar-refractivity contribution in [2.75, 3.05) is 20.8 Å². The molecule has 1 atom stereocenters. The summed E-state index contributed by atoms with van der Waals surface area (Å²) in [5, 5.41) is 2.97. The zero-order chi connectivity index (χ0) is 13.8. The fourth-order valence-electron chi connectivity index (χ4n) is 2.10. The van der Waals surface area contributed by atoms with E-state index in [1.165, 1.54) is 0 Å². The van der Waals surface area contributed by atoms with E-state index >= 15 is 0 Å². The van der Waals surface area contributed by atoms with Gasteiger partial charge in [-0.25, -0.2) is 0 Å². The molecule has 3 N–H and O–H groups in total. The van der Waals surface area contributed by atoms with E-state index in [0.29, 0.717) is 29.5 Å². The molecule has 2 rings (SSSR count). The van der Waals surface area contributed by atoms with Gasteiger partial charge in [-0.2, -0.15) is 0 Å². The Kier molecular flexibility index (Phi) is 4.27. The fourth-order valence-corrected chi connectivity index (χ4v) is 2.10. The highest BCUT2D eigenvalue weighted by molar-refractivity contribution is 5.95. The van der Waals surface area contributed by atoms with Gasteiger partial charge in [0.05, 0.1) is 14.2 Å². The van der Waals surface area contributed by atoms with E-state index in [-0.39, 0.29) is 11.9 Å². The van der Waals surface area contributed by atoms with Crippen molar-refractivity contribution in [3.05, 3.63) is 23.8 Å². The number of ether oxygens (including phenoxy) is 2. The minimum absolute atomic E-state index is 0.0700. The highest BCUT2D eigenvalue weighted by atomic mass is 16.5. The van der Waals surface area contributed by atoms with Crippen molar-refractivity contribution in [1.29, 1.82) is 0 Å². The molecule has 0 radical (unpaired) electrons. The van der Waals surface area contributed by atoms with Gasteiger partial charge in [0.15, 0.2) is 11.5 Å². The Balaban J connectivity index is 2.09. The number of carbonyl (C=O) groups is 1. The van der Waals surface area contributed by atoms with Crippen molar-refractivity contribution in [3.8, 4) is 11.5 Å². The largest absolute Gasteiger partial charge is 0.493 e. The average molecular weight is 264 g/mol. The molecule has 1 aliphatic carbocycles. The number of rotatable bonds is 6. The van der Waals surface area contributed by atoms with Crippen LogP contribution in [0.15, 0.2) is 18.2 Å². The number of amides is 1. The Morgan fingerprint density at radius 2 is 2.05 bits per heavy atom. The van der Waals surface area contributed by atoms with Gasteiger partial charge in [-0.05, 0) is 37.0 Å². The first-order chi connectivity index (χ1) is 9.19. The first-order valence-corrected chi connectivity index (χ1v) is 6.42. The van der Waals surface area contributed by atoms with Crippen LogP contribution in [0.1, 0.15) is 23.2 Å². The van der Waals surface area contributed by atoms with Crippen molar-refractivity contribution >= 4 is 5.91 Å². The lowest BCUT2D eigenvalue weighted by molar-refractivity contribution is 0.0933. The number of methoxy groups -OCH3 is 2. The highest BCUT2D eigenvalue weighted by Crippen LogP contribution is 2.32. The molecule has 0 heterocycles. The molecule has 0 spiro atoms. The second kappa shape index (κ2) is 5.93. The second-order valence-electron chi connectivity index (χ2n) is 4.72. The maximum Gasteiger partial charge on any atom is 0.251 e. The number of hydrogen-bond donors (Lipinski definition) is 2. The van der Waals surface area contributed by atoms with Crippen LogP contribution in [0.25, 0.3) is 0 Å². The van der Waals surface area contributed by atoms with Crippen LogP contribution in [0.3, 0.4) is 0 Å².